The number of methoxy groups -OCH3 is 3. The summed E-state index contributed by atoms with van der Waals surface area (Å²) in [5.74, 6) is 1.06. The van der Waals surface area contributed by atoms with Crippen molar-refractivity contribution in [2.24, 2.45) is 4.99 Å². The minimum atomic E-state index is -0.837. The van der Waals surface area contributed by atoms with E-state index in [2.05, 4.69) is 4.99 Å². The smallest absolute Gasteiger partial charge is 0.338 e. The van der Waals surface area contributed by atoms with Crippen LogP contribution in [0.25, 0.3) is 6.08 Å². The van der Waals surface area contributed by atoms with E-state index in [1.54, 1.807) is 50.4 Å². The number of thiazole rings is 1. The van der Waals surface area contributed by atoms with Crippen LogP contribution in [0.2, 0.25) is 5.02 Å². The van der Waals surface area contributed by atoms with Crippen LogP contribution in [0.4, 0.5) is 0 Å². The Morgan fingerprint density at radius 2 is 1.78 bits per heavy atom. The molecule has 0 N–H and O–H groups in total. The first-order chi connectivity index (χ1) is 17.7. The first-order valence-corrected chi connectivity index (χ1v) is 12.7. The number of halogens is 1. The summed E-state index contributed by atoms with van der Waals surface area (Å²) in [7, 11) is 4.38. The molecule has 0 aliphatic carbocycles. The molecule has 1 atom stereocenters. The van der Waals surface area contributed by atoms with Crippen molar-refractivity contribution in [1.82, 2.24) is 4.57 Å². The number of ether oxygens (including phenoxy) is 4. The van der Waals surface area contributed by atoms with Crippen LogP contribution in [0.1, 0.15) is 37.9 Å². The predicted octanol–water partition coefficient (Wildman–Crippen LogP) is 3.87. The van der Waals surface area contributed by atoms with Crippen molar-refractivity contribution in [2.75, 3.05) is 21.3 Å². The van der Waals surface area contributed by atoms with E-state index in [0.717, 1.165) is 5.56 Å². The maximum absolute atomic E-state index is 13.8. The monoisotopic (exact) mass is 542 g/mol. The summed E-state index contributed by atoms with van der Waals surface area (Å²) in [5, 5.41) is 0.438. The number of hydrogen-bond donors (Lipinski definition) is 0. The van der Waals surface area contributed by atoms with E-state index in [1.807, 2.05) is 19.9 Å². The Bertz CT molecular complexity index is 1570. The van der Waals surface area contributed by atoms with Gasteiger partial charge in [0, 0.05) is 10.6 Å². The van der Waals surface area contributed by atoms with Gasteiger partial charge in [0.2, 0.25) is 0 Å². The molecule has 8 nitrogen and oxygen atoms in total. The van der Waals surface area contributed by atoms with E-state index in [9.17, 15) is 9.59 Å². The largest absolute Gasteiger partial charge is 0.496 e. The maximum Gasteiger partial charge on any atom is 0.338 e. The molecule has 0 amide bonds. The van der Waals surface area contributed by atoms with E-state index in [-0.39, 0.29) is 17.2 Å². The molecule has 10 heteroatoms. The Kier molecular flexibility index (Phi) is 7.75. The van der Waals surface area contributed by atoms with E-state index in [1.165, 1.54) is 30.1 Å². The van der Waals surface area contributed by atoms with Gasteiger partial charge in [-0.2, -0.15) is 0 Å². The number of esters is 1. The zero-order valence-corrected chi connectivity index (χ0v) is 22.9. The summed E-state index contributed by atoms with van der Waals surface area (Å²) >= 11 is 7.54. The number of fused-ring (bicyclic) bond motifs is 1. The average Bonchev–Trinajstić information content (AvgIpc) is 3.17. The Morgan fingerprint density at radius 3 is 2.43 bits per heavy atom. The van der Waals surface area contributed by atoms with E-state index in [4.69, 9.17) is 30.5 Å². The van der Waals surface area contributed by atoms with Gasteiger partial charge < -0.3 is 18.9 Å². The van der Waals surface area contributed by atoms with Gasteiger partial charge in [-0.15, -0.1) is 0 Å². The van der Waals surface area contributed by atoms with Gasteiger partial charge in [-0.05, 0) is 62.7 Å². The van der Waals surface area contributed by atoms with Gasteiger partial charge in [-0.25, -0.2) is 9.79 Å². The summed E-state index contributed by atoms with van der Waals surface area (Å²) in [6.07, 6.45) is 1.74. The number of rotatable bonds is 7. The number of benzene rings is 2. The molecule has 1 aliphatic rings. The number of carbonyl (C=O) groups excluding carboxylic acids is 1. The van der Waals surface area contributed by atoms with Crippen LogP contribution in [0.3, 0.4) is 0 Å². The number of allylic oxidation sites excluding steroid dienone is 1. The van der Waals surface area contributed by atoms with E-state index in [0.29, 0.717) is 42.9 Å². The van der Waals surface area contributed by atoms with E-state index < -0.39 is 12.0 Å². The topological polar surface area (TPSA) is 88.4 Å². The zero-order valence-electron chi connectivity index (χ0n) is 21.3. The highest BCUT2D eigenvalue weighted by Crippen LogP contribution is 2.37. The molecular formula is C27H27ClN2O6S. The highest BCUT2D eigenvalue weighted by Gasteiger charge is 2.35. The number of aromatic nitrogens is 1. The lowest BCUT2D eigenvalue weighted by Crippen LogP contribution is -2.40. The third kappa shape index (κ3) is 5.14. The third-order valence-corrected chi connectivity index (χ3v) is 6.98. The van der Waals surface area contributed by atoms with Gasteiger partial charge in [-0.1, -0.05) is 29.0 Å². The second-order valence-corrected chi connectivity index (χ2v) is 9.98. The Balaban J connectivity index is 1.94. The van der Waals surface area contributed by atoms with Gasteiger partial charge >= 0.3 is 5.97 Å². The minimum absolute atomic E-state index is 0.0147. The molecule has 194 valence electrons. The van der Waals surface area contributed by atoms with Crippen LogP contribution >= 0.6 is 22.9 Å². The molecule has 0 spiro atoms. The fourth-order valence-corrected chi connectivity index (χ4v) is 5.41. The van der Waals surface area contributed by atoms with Crippen molar-refractivity contribution in [2.45, 2.75) is 32.9 Å². The van der Waals surface area contributed by atoms with Gasteiger partial charge in [0.1, 0.15) is 11.8 Å². The number of hydrogen-bond acceptors (Lipinski definition) is 8. The lowest BCUT2D eigenvalue weighted by molar-refractivity contribution is -0.136. The molecule has 0 unspecified atom stereocenters. The van der Waals surface area contributed by atoms with Crippen molar-refractivity contribution < 1.29 is 23.7 Å². The Morgan fingerprint density at radius 1 is 1.08 bits per heavy atom. The molecule has 4 rings (SSSR count). The van der Waals surface area contributed by atoms with Gasteiger partial charge in [-0.3, -0.25) is 9.36 Å². The SMILES string of the molecule is COC(=O)C1=C(C)N=c2s/c(=C\c3ccc(OC(C)C)c(OC)c3)c(=O)n2[C@@H]1c1cc(Cl)ccc1OC. The van der Waals surface area contributed by atoms with Crippen LogP contribution in [0.5, 0.6) is 17.2 Å². The summed E-state index contributed by atoms with van der Waals surface area (Å²) in [4.78, 5) is 31.7. The lowest BCUT2D eigenvalue weighted by atomic mass is 9.95. The summed E-state index contributed by atoms with van der Waals surface area (Å²) in [5.41, 5.74) is 1.67. The van der Waals surface area contributed by atoms with Crippen LogP contribution in [0.15, 0.2) is 57.5 Å². The predicted molar refractivity (Wildman–Crippen MR) is 143 cm³/mol. The molecule has 1 aromatic heterocycles. The average molecular weight is 543 g/mol. The molecule has 0 bridgehead atoms. The first-order valence-electron chi connectivity index (χ1n) is 11.5. The number of nitrogens with zero attached hydrogens (tertiary/aromatic N) is 2. The fraction of sp³-hybridized carbons (Fsp3) is 0.296. The summed E-state index contributed by atoms with van der Waals surface area (Å²) in [6, 6.07) is 9.69. The van der Waals surface area contributed by atoms with Crippen molar-refractivity contribution in [1.29, 1.82) is 0 Å². The van der Waals surface area contributed by atoms with E-state index >= 15 is 0 Å². The zero-order chi connectivity index (χ0) is 26.9. The molecule has 0 fully saturated rings. The first kappa shape index (κ1) is 26.5. The third-order valence-electron chi connectivity index (χ3n) is 5.76. The van der Waals surface area contributed by atoms with Crippen molar-refractivity contribution in [3.05, 3.63) is 83.5 Å². The second-order valence-electron chi connectivity index (χ2n) is 8.54. The number of carbonyl (C=O) groups is 1. The molecule has 3 aromatic rings. The van der Waals surface area contributed by atoms with Crippen molar-refractivity contribution in [3.63, 3.8) is 0 Å². The van der Waals surface area contributed by atoms with Crippen molar-refractivity contribution in [3.8, 4) is 17.2 Å². The minimum Gasteiger partial charge on any atom is -0.496 e. The van der Waals surface area contributed by atoms with Gasteiger partial charge in [0.25, 0.3) is 5.56 Å². The van der Waals surface area contributed by atoms with Crippen LogP contribution < -0.4 is 29.1 Å². The highest BCUT2D eigenvalue weighted by atomic mass is 35.5. The lowest BCUT2D eigenvalue weighted by Gasteiger charge is -2.25. The molecule has 1 aliphatic heterocycles. The Hall–Kier alpha value is -3.56. The maximum atomic E-state index is 13.8. The van der Waals surface area contributed by atoms with Gasteiger partial charge in [0.15, 0.2) is 16.3 Å². The van der Waals surface area contributed by atoms with Crippen molar-refractivity contribution >= 4 is 35.0 Å². The summed E-state index contributed by atoms with van der Waals surface area (Å²) in [6.45, 7) is 5.58. The second kappa shape index (κ2) is 10.8. The highest BCUT2D eigenvalue weighted by molar-refractivity contribution is 7.07. The molecule has 0 saturated heterocycles. The standard InChI is InChI=1S/C27H27ClN2O6S/c1-14(2)36-20-9-7-16(11-21(20)34-5)12-22-25(31)30-24(18-13-17(28)8-10-19(18)33-4)23(26(32)35-6)15(3)29-27(30)37-22/h7-14,24H,1-6H3/b22-12-/t24-/m1/s1. The van der Waals surface area contributed by atoms with Crippen LogP contribution in [0, 0.1) is 0 Å². The molecule has 0 radical (unpaired) electrons. The van der Waals surface area contributed by atoms with Crippen LogP contribution in [-0.4, -0.2) is 38.0 Å². The molecule has 2 aromatic carbocycles. The quantitative estimate of drug-likeness (QED) is 0.421. The molecular weight excluding hydrogens is 516 g/mol. The van der Waals surface area contributed by atoms with Gasteiger partial charge in [0.05, 0.1) is 43.2 Å². The molecule has 2 heterocycles. The molecule has 37 heavy (non-hydrogen) atoms. The molecule has 0 saturated carbocycles. The van der Waals surface area contributed by atoms with Crippen LogP contribution in [-0.2, 0) is 9.53 Å². The summed E-state index contributed by atoms with van der Waals surface area (Å²) < 4.78 is 23.8. The fourth-order valence-electron chi connectivity index (χ4n) is 4.18. The normalized spacial score (nSPS) is 15.4. The Labute approximate surface area is 223 Å².